The summed E-state index contributed by atoms with van der Waals surface area (Å²) < 4.78 is 10.2. The Hall–Kier alpha value is -0.610. The fraction of sp³-hybridized carbons (Fsp3) is 0.917. The van der Waals surface area contributed by atoms with Gasteiger partial charge in [-0.2, -0.15) is 0 Å². The molecule has 0 aromatic rings. The summed E-state index contributed by atoms with van der Waals surface area (Å²) in [6.45, 7) is 9.78. The van der Waals surface area contributed by atoms with Gasteiger partial charge in [-0.1, -0.05) is 13.8 Å². The van der Waals surface area contributed by atoms with Crippen molar-refractivity contribution in [2.75, 3.05) is 32.9 Å². The van der Waals surface area contributed by atoms with Crippen molar-refractivity contribution in [3.8, 4) is 0 Å². The van der Waals surface area contributed by atoms with Crippen LogP contribution in [0.1, 0.15) is 33.6 Å². The van der Waals surface area contributed by atoms with Crippen LogP contribution in [0, 0.1) is 5.92 Å². The van der Waals surface area contributed by atoms with Gasteiger partial charge in [0.25, 0.3) is 0 Å². The zero-order valence-electron chi connectivity index (χ0n) is 10.8. The maximum atomic E-state index is 11.0. The second-order valence-electron chi connectivity index (χ2n) is 4.13. The number of ether oxygens (including phenoxy) is 2. The number of hydrogen-bond acceptors (Lipinski definition) is 4. The van der Waals surface area contributed by atoms with Crippen molar-refractivity contribution in [3.63, 3.8) is 0 Å². The molecule has 96 valence electrons. The van der Waals surface area contributed by atoms with E-state index in [4.69, 9.17) is 9.47 Å². The fourth-order valence-corrected chi connectivity index (χ4v) is 1.18. The van der Waals surface area contributed by atoms with Crippen LogP contribution in [0.4, 0.5) is 0 Å². The van der Waals surface area contributed by atoms with Gasteiger partial charge in [0.05, 0.1) is 13.2 Å². The fourth-order valence-electron chi connectivity index (χ4n) is 1.18. The third-order valence-corrected chi connectivity index (χ3v) is 1.91. The second kappa shape index (κ2) is 10.9. The Bertz CT molecular complexity index is 172. The van der Waals surface area contributed by atoms with E-state index >= 15 is 0 Å². The van der Waals surface area contributed by atoms with E-state index in [1.54, 1.807) is 0 Å². The van der Waals surface area contributed by atoms with E-state index in [9.17, 15) is 4.79 Å². The van der Waals surface area contributed by atoms with Crippen molar-refractivity contribution < 1.29 is 14.3 Å². The van der Waals surface area contributed by atoms with E-state index in [0.717, 1.165) is 32.7 Å². The normalized spacial score (nSPS) is 10.8. The summed E-state index contributed by atoms with van der Waals surface area (Å²) in [6, 6.07) is 0. The van der Waals surface area contributed by atoms with Crippen LogP contribution in [-0.4, -0.2) is 38.9 Å². The summed E-state index contributed by atoms with van der Waals surface area (Å²) in [5.41, 5.74) is 0. The van der Waals surface area contributed by atoms with Crippen molar-refractivity contribution >= 4 is 5.97 Å². The van der Waals surface area contributed by atoms with Crippen LogP contribution in [0.15, 0.2) is 0 Å². The van der Waals surface area contributed by atoms with Crippen molar-refractivity contribution in [2.45, 2.75) is 33.6 Å². The summed E-state index contributed by atoms with van der Waals surface area (Å²) in [6.07, 6.45) is 1.32. The molecule has 0 aliphatic heterocycles. The topological polar surface area (TPSA) is 47.6 Å². The molecular weight excluding hydrogens is 206 g/mol. The van der Waals surface area contributed by atoms with Crippen molar-refractivity contribution in [2.24, 2.45) is 5.92 Å². The zero-order valence-corrected chi connectivity index (χ0v) is 10.8. The Balaban J connectivity index is 3.07. The minimum Gasteiger partial charge on any atom is -0.466 e. The second-order valence-corrected chi connectivity index (χ2v) is 4.13. The van der Waals surface area contributed by atoms with Crippen molar-refractivity contribution in [1.29, 1.82) is 0 Å². The Morgan fingerprint density at radius 3 is 2.69 bits per heavy atom. The van der Waals surface area contributed by atoms with E-state index in [-0.39, 0.29) is 5.97 Å². The van der Waals surface area contributed by atoms with E-state index in [0.29, 0.717) is 18.9 Å². The smallest absolute Gasteiger partial charge is 0.305 e. The van der Waals surface area contributed by atoms with Crippen LogP contribution in [0.5, 0.6) is 0 Å². The first kappa shape index (κ1) is 15.4. The van der Waals surface area contributed by atoms with Gasteiger partial charge in [0.15, 0.2) is 0 Å². The molecule has 0 aromatic heterocycles. The molecule has 4 nitrogen and oxygen atoms in total. The lowest BCUT2D eigenvalue weighted by molar-refractivity contribution is -0.143. The molecule has 0 spiro atoms. The molecule has 0 unspecified atom stereocenters. The third-order valence-electron chi connectivity index (χ3n) is 1.91. The van der Waals surface area contributed by atoms with Crippen LogP contribution < -0.4 is 5.32 Å². The molecule has 1 N–H and O–H groups in total. The van der Waals surface area contributed by atoms with Crippen LogP contribution in [0.25, 0.3) is 0 Å². The highest BCUT2D eigenvalue weighted by Crippen LogP contribution is 1.92. The Kier molecular flexibility index (Phi) is 10.5. The highest BCUT2D eigenvalue weighted by atomic mass is 16.5. The van der Waals surface area contributed by atoms with Gasteiger partial charge in [-0.05, 0) is 25.8 Å². The zero-order chi connectivity index (χ0) is 12.2. The van der Waals surface area contributed by atoms with Gasteiger partial charge in [0.2, 0.25) is 0 Å². The Morgan fingerprint density at radius 1 is 1.31 bits per heavy atom. The average molecular weight is 231 g/mol. The summed E-state index contributed by atoms with van der Waals surface area (Å²) >= 11 is 0. The van der Waals surface area contributed by atoms with Gasteiger partial charge in [-0.15, -0.1) is 0 Å². The van der Waals surface area contributed by atoms with E-state index in [1.165, 1.54) is 0 Å². The third kappa shape index (κ3) is 11.5. The molecular formula is C12H25NO3. The molecule has 0 bridgehead atoms. The first-order valence-electron chi connectivity index (χ1n) is 6.10. The van der Waals surface area contributed by atoms with E-state index in [1.807, 2.05) is 6.92 Å². The summed E-state index contributed by atoms with van der Waals surface area (Å²) in [5, 5.41) is 3.22. The molecule has 0 aliphatic carbocycles. The van der Waals surface area contributed by atoms with Crippen LogP contribution in [0.3, 0.4) is 0 Å². The molecule has 0 atom stereocenters. The number of carbonyl (C=O) groups excluding carboxylic acids is 1. The van der Waals surface area contributed by atoms with Gasteiger partial charge in [0.1, 0.15) is 0 Å². The van der Waals surface area contributed by atoms with Gasteiger partial charge >= 0.3 is 5.97 Å². The summed E-state index contributed by atoms with van der Waals surface area (Å²) in [7, 11) is 0. The lowest BCUT2D eigenvalue weighted by Gasteiger charge is -2.07. The van der Waals surface area contributed by atoms with Gasteiger partial charge in [-0.3, -0.25) is 4.79 Å². The minimum atomic E-state index is -0.111. The van der Waals surface area contributed by atoms with Gasteiger partial charge < -0.3 is 14.8 Å². The van der Waals surface area contributed by atoms with Gasteiger partial charge in [0, 0.05) is 19.6 Å². The van der Waals surface area contributed by atoms with Crippen molar-refractivity contribution in [1.82, 2.24) is 5.32 Å². The average Bonchev–Trinajstić information content (AvgIpc) is 2.22. The summed E-state index contributed by atoms with van der Waals surface area (Å²) in [4.78, 5) is 11.0. The van der Waals surface area contributed by atoms with Crippen LogP contribution in [0.2, 0.25) is 0 Å². The number of hydrogen-bond donors (Lipinski definition) is 1. The monoisotopic (exact) mass is 231 g/mol. The highest BCUT2D eigenvalue weighted by molar-refractivity contribution is 5.69. The quantitative estimate of drug-likeness (QED) is 0.458. The Morgan fingerprint density at radius 2 is 2.06 bits per heavy atom. The predicted octanol–water partition coefficient (Wildman–Crippen LogP) is 1.59. The lowest BCUT2D eigenvalue weighted by atomic mass is 10.2. The lowest BCUT2D eigenvalue weighted by Crippen LogP contribution is -2.22. The molecule has 0 saturated heterocycles. The van der Waals surface area contributed by atoms with Crippen molar-refractivity contribution in [3.05, 3.63) is 0 Å². The molecule has 0 amide bonds. The molecule has 0 aliphatic rings. The molecule has 4 heteroatoms. The first-order chi connectivity index (χ1) is 7.66. The molecule has 0 rings (SSSR count). The number of rotatable bonds is 10. The Labute approximate surface area is 98.7 Å². The summed E-state index contributed by atoms with van der Waals surface area (Å²) in [5.74, 6) is 0.476. The number of carbonyl (C=O) groups is 1. The highest BCUT2D eigenvalue weighted by Gasteiger charge is 2.00. The molecule has 0 saturated carbocycles. The predicted molar refractivity (Wildman–Crippen MR) is 64.4 cm³/mol. The SMILES string of the molecule is CCOC(=O)CCCNCCOCC(C)C. The van der Waals surface area contributed by atoms with Gasteiger partial charge in [-0.25, -0.2) is 0 Å². The standard InChI is InChI=1S/C12H25NO3/c1-4-16-12(14)6-5-7-13-8-9-15-10-11(2)3/h11,13H,4-10H2,1-3H3. The first-order valence-corrected chi connectivity index (χ1v) is 6.10. The van der Waals surface area contributed by atoms with E-state index in [2.05, 4.69) is 19.2 Å². The molecule has 0 heterocycles. The largest absolute Gasteiger partial charge is 0.466 e. The number of esters is 1. The van der Waals surface area contributed by atoms with E-state index < -0.39 is 0 Å². The minimum absolute atomic E-state index is 0.111. The number of nitrogens with one attached hydrogen (secondary N) is 1. The molecule has 16 heavy (non-hydrogen) atoms. The molecule has 0 fully saturated rings. The maximum Gasteiger partial charge on any atom is 0.305 e. The van der Waals surface area contributed by atoms with Crippen LogP contribution in [-0.2, 0) is 14.3 Å². The molecule has 0 radical (unpaired) electrons. The maximum absolute atomic E-state index is 11.0. The molecule has 0 aromatic carbocycles. The van der Waals surface area contributed by atoms with Crippen LogP contribution >= 0.6 is 0 Å².